The van der Waals surface area contributed by atoms with E-state index in [0.29, 0.717) is 5.75 Å². The highest BCUT2D eigenvalue weighted by Gasteiger charge is 2.34. The molecule has 1 saturated heterocycles. The molecule has 1 aliphatic heterocycles. The molecule has 2 N–H and O–H groups in total. The minimum Gasteiger partial charge on any atom is -0.497 e. The van der Waals surface area contributed by atoms with E-state index in [4.69, 9.17) is 14.6 Å². The van der Waals surface area contributed by atoms with E-state index in [1.807, 2.05) is 0 Å². The summed E-state index contributed by atoms with van der Waals surface area (Å²) in [5.74, 6) is -1.19. The summed E-state index contributed by atoms with van der Waals surface area (Å²) in [4.78, 5) is 25.3. The Kier molecular flexibility index (Phi) is 7.39. The van der Waals surface area contributed by atoms with Crippen LogP contribution in [0, 0.1) is 5.92 Å². The lowest BCUT2D eigenvalue weighted by molar-refractivity contribution is -0.149. The lowest BCUT2D eigenvalue weighted by atomic mass is 10.0. The van der Waals surface area contributed by atoms with Crippen molar-refractivity contribution < 1.29 is 32.6 Å². The second-order valence-corrected chi connectivity index (χ2v) is 8.61. The number of carboxylic acids is 1. The Balaban J connectivity index is 2.15. The first kappa shape index (κ1) is 22.1. The zero-order chi connectivity index (χ0) is 20.9. The molecule has 0 unspecified atom stereocenters. The number of morpholine rings is 1. The number of carbonyl (C=O) groups is 2. The van der Waals surface area contributed by atoms with E-state index < -0.39 is 34.0 Å². The Morgan fingerprint density at radius 1 is 1.32 bits per heavy atom. The zero-order valence-electron chi connectivity index (χ0n) is 16.1. The summed E-state index contributed by atoms with van der Waals surface area (Å²) in [5, 5.41) is 8.92. The van der Waals surface area contributed by atoms with Gasteiger partial charge in [-0.1, -0.05) is 13.8 Å². The van der Waals surface area contributed by atoms with Crippen molar-refractivity contribution in [2.75, 3.05) is 26.8 Å². The minimum atomic E-state index is -3.92. The van der Waals surface area contributed by atoms with Crippen LogP contribution < -0.4 is 9.46 Å². The molecule has 2 atom stereocenters. The topological polar surface area (TPSA) is 122 Å². The van der Waals surface area contributed by atoms with Gasteiger partial charge in [0.15, 0.2) is 0 Å². The fourth-order valence-electron chi connectivity index (χ4n) is 2.90. The summed E-state index contributed by atoms with van der Waals surface area (Å²) < 4.78 is 38.3. The van der Waals surface area contributed by atoms with Gasteiger partial charge >= 0.3 is 5.97 Å². The lowest BCUT2D eigenvalue weighted by Crippen LogP contribution is -2.55. The number of methoxy groups -OCH3 is 1. The summed E-state index contributed by atoms with van der Waals surface area (Å²) in [6.07, 6.45) is -0.825. The Morgan fingerprint density at radius 3 is 2.50 bits per heavy atom. The van der Waals surface area contributed by atoms with Gasteiger partial charge in [-0.05, 0) is 30.2 Å². The molecule has 9 nitrogen and oxygen atoms in total. The SMILES string of the molecule is COc1ccc(S(=O)(=O)N[C@H](C(=O)N2CCO[C@H](CC(=O)O)C2)C(C)C)cc1. The van der Waals surface area contributed by atoms with E-state index in [0.717, 1.165) is 0 Å². The molecule has 2 rings (SSSR count). The fraction of sp³-hybridized carbons (Fsp3) is 0.556. The molecule has 1 aromatic carbocycles. The third-order valence-electron chi connectivity index (χ3n) is 4.44. The van der Waals surface area contributed by atoms with Crippen molar-refractivity contribution in [3.63, 3.8) is 0 Å². The zero-order valence-corrected chi connectivity index (χ0v) is 16.9. The number of amides is 1. The average molecular weight is 414 g/mol. The van der Waals surface area contributed by atoms with Crippen LogP contribution in [-0.2, 0) is 24.3 Å². The molecule has 1 amide bonds. The van der Waals surface area contributed by atoms with Gasteiger partial charge < -0.3 is 19.5 Å². The first-order chi connectivity index (χ1) is 13.1. The van der Waals surface area contributed by atoms with E-state index in [1.165, 1.54) is 36.3 Å². The van der Waals surface area contributed by atoms with Crippen molar-refractivity contribution in [3.8, 4) is 5.75 Å². The van der Waals surface area contributed by atoms with Gasteiger partial charge in [0.2, 0.25) is 15.9 Å². The number of aliphatic carboxylic acids is 1. The van der Waals surface area contributed by atoms with Crippen LogP contribution in [0.3, 0.4) is 0 Å². The molecule has 1 aromatic rings. The smallest absolute Gasteiger partial charge is 0.306 e. The van der Waals surface area contributed by atoms with E-state index in [2.05, 4.69) is 4.72 Å². The summed E-state index contributed by atoms with van der Waals surface area (Å²) in [6, 6.07) is 4.88. The number of sulfonamides is 1. The molecule has 1 fully saturated rings. The number of nitrogens with zero attached hydrogens (tertiary/aromatic N) is 1. The Bertz CT molecular complexity index is 793. The van der Waals surface area contributed by atoms with Crippen LogP contribution >= 0.6 is 0 Å². The quantitative estimate of drug-likeness (QED) is 0.642. The van der Waals surface area contributed by atoms with Crippen LogP contribution in [0.1, 0.15) is 20.3 Å². The predicted octanol–water partition coefficient (Wildman–Crippen LogP) is 0.700. The van der Waals surface area contributed by atoms with Gasteiger partial charge in [0.25, 0.3) is 0 Å². The number of hydrogen-bond donors (Lipinski definition) is 2. The molecule has 0 saturated carbocycles. The molecular weight excluding hydrogens is 388 g/mol. The molecular formula is C18H26N2O7S. The highest BCUT2D eigenvalue weighted by atomic mass is 32.2. The predicted molar refractivity (Wildman–Crippen MR) is 101 cm³/mol. The standard InChI is InChI=1S/C18H26N2O7S/c1-12(2)17(18(23)20-8-9-27-14(11-20)10-16(21)22)19-28(24,25)15-6-4-13(26-3)5-7-15/h4-7,12,14,17,19H,8-11H2,1-3H3,(H,21,22)/t14-,17+/m1/s1. The van der Waals surface area contributed by atoms with Crippen LogP contribution in [-0.4, -0.2) is 69.3 Å². The molecule has 156 valence electrons. The van der Waals surface area contributed by atoms with Crippen LogP contribution in [0.25, 0.3) is 0 Å². The van der Waals surface area contributed by atoms with Crippen LogP contribution in [0.5, 0.6) is 5.75 Å². The average Bonchev–Trinajstić information content (AvgIpc) is 2.65. The lowest BCUT2D eigenvalue weighted by Gasteiger charge is -2.35. The van der Waals surface area contributed by atoms with Crippen molar-refractivity contribution >= 4 is 21.9 Å². The van der Waals surface area contributed by atoms with Gasteiger partial charge in [0, 0.05) is 13.1 Å². The van der Waals surface area contributed by atoms with Crippen LogP contribution in [0.2, 0.25) is 0 Å². The number of benzene rings is 1. The summed E-state index contributed by atoms with van der Waals surface area (Å²) in [6.45, 7) is 4.09. The van der Waals surface area contributed by atoms with Gasteiger partial charge in [-0.15, -0.1) is 0 Å². The van der Waals surface area contributed by atoms with Gasteiger partial charge in [-0.3, -0.25) is 9.59 Å². The Morgan fingerprint density at radius 2 is 1.96 bits per heavy atom. The van der Waals surface area contributed by atoms with E-state index >= 15 is 0 Å². The van der Waals surface area contributed by atoms with Crippen molar-refractivity contribution in [1.29, 1.82) is 0 Å². The molecule has 0 spiro atoms. The monoisotopic (exact) mass is 414 g/mol. The first-order valence-electron chi connectivity index (χ1n) is 8.92. The number of nitrogens with one attached hydrogen (secondary N) is 1. The van der Waals surface area contributed by atoms with Crippen LogP contribution in [0.15, 0.2) is 29.2 Å². The first-order valence-corrected chi connectivity index (χ1v) is 10.4. The number of carbonyl (C=O) groups excluding carboxylic acids is 1. The normalized spacial score (nSPS) is 18.7. The molecule has 28 heavy (non-hydrogen) atoms. The third-order valence-corrected chi connectivity index (χ3v) is 5.89. The van der Waals surface area contributed by atoms with Crippen molar-refractivity contribution in [2.24, 2.45) is 5.92 Å². The summed E-state index contributed by atoms with van der Waals surface area (Å²) in [7, 11) is -2.44. The maximum atomic E-state index is 13.0. The fourth-order valence-corrected chi connectivity index (χ4v) is 4.23. The molecule has 10 heteroatoms. The van der Waals surface area contributed by atoms with Gasteiger partial charge in [-0.25, -0.2) is 8.42 Å². The second-order valence-electron chi connectivity index (χ2n) is 6.89. The molecule has 0 aliphatic carbocycles. The number of carboxylic acid groups (broad SMARTS) is 1. The van der Waals surface area contributed by atoms with Gasteiger partial charge in [0.1, 0.15) is 11.8 Å². The van der Waals surface area contributed by atoms with Crippen LogP contribution in [0.4, 0.5) is 0 Å². The third kappa shape index (κ3) is 5.66. The van der Waals surface area contributed by atoms with Gasteiger partial charge in [0.05, 0.1) is 31.1 Å². The Hall–Kier alpha value is -2.17. The number of hydrogen-bond acceptors (Lipinski definition) is 6. The van der Waals surface area contributed by atoms with Crippen molar-refractivity contribution in [3.05, 3.63) is 24.3 Å². The highest BCUT2D eigenvalue weighted by molar-refractivity contribution is 7.89. The van der Waals surface area contributed by atoms with E-state index in [9.17, 15) is 18.0 Å². The highest BCUT2D eigenvalue weighted by Crippen LogP contribution is 2.18. The van der Waals surface area contributed by atoms with Crippen molar-refractivity contribution in [1.82, 2.24) is 9.62 Å². The Labute approximate surface area is 164 Å². The minimum absolute atomic E-state index is 0.0254. The van der Waals surface area contributed by atoms with Gasteiger partial charge in [-0.2, -0.15) is 4.72 Å². The number of rotatable bonds is 8. The molecule has 0 aromatic heterocycles. The maximum absolute atomic E-state index is 13.0. The molecule has 1 aliphatic rings. The number of ether oxygens (including phenoxy) is 2. The largest absolute Gasteiger partial charge is 0.497 e. The maximum Gasteiger partial charge on any atom is 0.306 e. The molecule has 0 radical (unpaired) electrons. The summed E-state index contributed by atoms with van der Waals surface area (Å²) in [5.41, 5.74) is 0. The molecule has 0 bridgehead atoms. The van der Waals surface area contributed by atoms with Crippen molar-refractivity contribution in [2.45, 2.75) is 37.3 Å². The molecule has 1 heterocycles. The summed E-state index contributed by atoms with van der Waals surface area (Å²) >= 11 is 0. The second kappa shape index (κ2) is 9.35. The van der Waals surface area contributed by atoms with E-state index in [1.54, 1.807) is 13.8 Å². The van der Waals surface area contributed by atoms with E-state index in [-0.39, 0.29) is 36.9 Å².